The van der Waals surface area contributed by atoms with Gasteiger partial charge in [-0.25, -0.2) is 0 Å². The molecule has 0 bridgehead atoms. The summed E-state index contributed by atoms with van der Waals surface area (Å²) in [6, 6.07) is 6.19. The van der Waals surface area contributed by atoms with Crippen molar-refractivity contribution in [2.45, 2.75) is 13.5 Å². The van der Waals surface area contributed by atoms with E-state index in [-0.39, 0.29) is 0 Å². The van der Waals surface area contributed by atoms with Crippen LogP contribution in [-0.2, 0) is 11.4 Å². The number of nitrogens with one attached hydrogen (secondary N) is 1. The molecule has 0 saturated heterocycles. The molecule has 0 spiro atoms. The highest BCUT2D eigenvalue weighted by atomic mass is 79.9. The van der Waals surface area contributed by atoms with E-state index in [1.807, 2.05) is 6.07 Å². The quantitative estimate of drug-likeness (QED) is 0.805. The van der Waals surface area contributed by atoms with Crippen molar-refractivity contribution in [2.24, 2.45) is 0 Å². The van der Waals surface area contributed by atoms with Crippen LogP contribution in [0, 0.1) is 6.92 Å². The van der Waals surface area contributed by atoms with Crippen molar-refractivity contribution in [1.82, 2.24) is 5.48 Å². The predicted molar refractivity (Wildman–Crippen MR) is 52.7 cm³/mol. The number of aryl methyl sites for hydroxylation is 1. The van der Waals surface area contributed by atoms with E-state index in [0.29, 0.717) is 0 Å². The third kappa shape index (κ3) is 2.59. The van der Waals surface area contributed by atoms with Gasteiger partial charge in [-0.05, 0) is 30.2 Å². The summed E-state index contributed by atoms with van der Waals surface area (Å²) in [5.74, 6) is 0. The molecule has 0 saturated carbocycles. The van der Waals surface area contributed by atoms with Crippen LogP contribution in [0.5, 0.6) is 0 Å². The highest BCUT2D eigenvalue weighted by molar-refractivity contribution is 9.10. The lowest BCUT2D eigenvalue weighted by Gasteiger charge is -2.05. The van der Waals surface area contributed by atoms with E-state index in [1.165, 1.54) is 11.1 Å². The molecule has 0 fully saturated rings. The summed E-state index contributed by atoms with van der Waals surface area (Å²) in [7, 11) is 1.62. The lowest BCUT2D eigenvalue weighted by molar-refractivity contribution is 0.0866. The van der Waals surface area contributed by atoms with Crippen molar-refractivity contribution in [2.75, 3.05) is 7.11 Å². The first-order valence-corrected chi connectivity index (χ1v) is 4.54. The van der Waals surface area contributed by atoms with E-state index >= 15 is 0 Å². The normalized spacial score (nSPS) is 10.2. The van der Waals surface area contributed by atoms with Crippen LogP contribution in [0.4, 0.5) is 0 Å². The Hall–Kier alpha value is -0.380. The molecule has 0 radical (unpaired) electrons. The van der Waals surface area contributed by atoms with E-state index in [4.69, 9.17) is 4.84 Å². The van der Waals surface area contributed by atoms with Gasteiger partial charge in [-0.15, -0.1) is 0 Å². The summed E-state index contributed by atoms with van der Waals surface area (Å²) in [6.07, 6.45) is 0. The molecule has 3 heteroatoms. The number of hydrogen-bond acceptors (Lipinski definition) is 2. The molecular formula is C9H12BrNO. The molecule has 1 aromatic carbocycles. The summed E-state index contributed by atoms with van der Waals surface area (Å²) < 4.78 is 1.11. The number of hydroxylamine groups is 1. The lowest BCUT2D eigenvalue weighted by Crippen LogP contribution is -2.11. The minimum atomic E-state index is 0.746. The number of halogens is 1. The highest BCUT2D eigenvalue weighted by Crippen LogP contribution is 2.15. The third-order valence-corrected chi connectivity index (χ3v) is 2.20. The maximum absolute atomic E-state index is 4.77. The van der Waals surface area contributed by atoms with Gasteiger partial charge in [-0.3, -0.25) is 0 Å². The molecule has 0 aromatic heterocycles. The molecule has 66 valence electrons. The highest BCUT2D eigenvalue weighted by Gasteiger charge is 1.97. The first kappa shape index (κ1) is 9.71. The van der Waals surface area contributed by atoms with Crippen molar-refractivity contribution in [3.8, 4) is 0 Å². The second kappa shape index (κ2) is 4.60. The van der Waals surface area contributed by atoms with Crippen LogP contribution >= 0.6 is 15.9 Å². The van der Waals surface area contributed by atoms with Gasteiger partial charge in [0.15, 0.2) is 0 Å². The Labute approximate surface area is 81.0 Å². The molecule has 0 amide bonds. The molecule has 0 heterocycles. The molecule has 1 aromatic rings. The van der Waals surface area contributed by atoms with E-state index in [9.17, 15) is 0 Å². The Morgan fingerprint density at radius 1 is 1.50 bits per heavy atom. The fourth-order valence-electron chi connectivity index (χ4n) is 1.01. The summed E-state index contributed by atoms with van der Waals surface area (Å²) in [4.78, 5) is 4.77. The minimum absolute atomic E-state index is 0.746. The third-order valence-electron chi connectivity index (χ3n) is 1.71. The average molecular weight is 230 g/mol. The summed E-state index contributed by atoms with van der Waals surface area (Å²) in [5, 5.41) is 0. The van der Waals surface area contributed by atoms with Gasteiger partial charge >= 0.3 is 0 Å². The molecule has 0 unspecified atom stereocenters. The van der Waals surface area contributed by atoms with Crippen LogP contribution < -0.4 is 5.48 Å². The monoisotopic (exact) mass is 229 g/mol. The van der Waals surface area contributed by atoms with Gasteiger partial charge in [0.1, 0.15) is 0 Å². The fraction of sp³-hybridized carbons (Fsp3) is 0.333. The topological polar surface area (TPSA) is 21.3 Å². The maximum Gasteiger partial charge on any atom is 0.0572 e. The molecule has 0 aliphatic heterocycles. The Kier molecular flexibility index (Phi) is 3.72. The number of benzene rings is 1. The zero-order valence-electron chi connectivity index (χ0n) is 7.23. The van der Waals surface area contributed by atoms with Crippen molar-refractivity contribution in [3.63, 3.8) is 0 Å². The SMILES string of the molecule is CONCc1ccc(Br)cc1C. The molecule has 1 N–H and O–H groups in total. The summed E-state index contributed by atoms with van der Waals surface area (Å²) in [5.41, 5.74) is 5.32. The fourth-order valence-corrected chi connectivity index (χ4v) is 1.48. The Morgan fingerprint density at radius 3 is 2.83 bits per heavy atom. The van der Waals surface area contributed by atoms with E-state index in [1.54, 1.807) is 7.11 Å². The van der Waals surface area contributed by atoms with Crippen LogP contribution in [0.2, 0.25) is 0 Å². The largest absolute Gasteiger partial charge is 0.305 e. The first-order chi connectivity index (χ1) is 5.74. The van der Waals surface area contributed by atoms with Crippen molar-refractivity contribution in [1.29, 1.82) is 0 Å². The van der Waals surface area contributed by atoms with Gasteiger partial charge in [0.05, 0.1) is 7.11 Å². The van der Waals surface area contributed by atoms with Crippen molar-refractivity contribution in [3.05, 3.63) is 33.8 Å². The van der Waals surface area contributed by atoms with Gasteiger partial charge in [-0.2, -0.15) is 5.48 Å². The van der Waals surface area contributed by atoms with Gasteiger partial charge in [0, 0.05) is 11.0 Å². The molecule has 0 aliphatic carbocycles. The Balaban J connectivity index is 2.72. The van der Waals surface area contributed by atoms with E-state index in [2.05, 4.69) is 40.5 Å². The molecule has 0 atom stereocenters. The molecule has 0 aliphatic rings. The van der Waals surface area contributed by atoms with Crippen molar-refractivity contribution >= 4 is 15.9 Å². The van der Waals surface area contributed by atoms with Gasteiger partial charge in [-0.1, -0.05) is 22.0 Å². The molecule has 1 rings (SSSR count). The van der Waals surface area contributed by atoms with Crippen LogP contribution in [0.1, 0.15) is 11.1 Å². The Bertz CT molecular complexity index is 263. The second-order valence-electron chi connectivity index (χ2n) is 2.60. The van der Waals surface area contributed by atoms with Gasteiger partial charge < -0.3 is 4.84 Å². The summed E-state index contributed by atoms with van der Waals surface area (Å²) >= 11 is 3.41. The number of rotatable bonds is 3. The summed E-state index contributed by atoms with van der Waals surface area (Å²) in [6.45, 7) is 2.83. The molecule has 12 heavy (non-hydrogen) atoms. The van der Waals surface area contributed by atoms with Gasteiger partial charge in [0.25, 0.3) is 0 Å². The number of hydrogen-bond donors (Lipinski definition) is 1. The van der Waals surface area contributed by atoms with Crippen LogP contribution in [0.15, 0.2) is 22.7 Å². The maximum atomic E-state index is 4.77. The van der Waals surface area contributed by atoms with Gasteiger partial charge in [0.2, 0.25) is 0 Å². The van der Waals surface area contributed by atoms with Crippen LogP contribution in [-0.4, -0.2) is 7.11 Å². The van der Waals surface area contributed by atoms with Crippen molar-refractivity contribution < 1.29 is 4.84 Å². The average Bonchev–Trinajstić information content (AvgIpc) is 2.03. The predicted octanol–water partition coefficient (Wildman–Crippen LogP) is 2.41. The van der Waals surface area contributed by atoms with Crippen LogP contribution in [0.3, 0.4) is 0 Å². The Morgan fingerprint density at radius 2 is 2.25 bits per heavy atom. The second-order valence-corrected chi connectivity index (χ2v) is 3.51. The molecule has 2 nitrogen and oxygen atoms in total. The zero-order valence-corrected chi connectivity index (χ0v) is 8.81. The zero-order chi connectivity index (χ0) is 8.97. The first-order valence-electron chi connectivity index (χ1n) is 3.75. The smallest absolute Gasteiger partial charge is 0.0572 e. The molecular weight excluding hydrogens is 218 g/mol. The lowest BCUT2D eigenvalue weighted by atomic mass is 10.1. The van der Waals surface area contributed by atoms with Crippen LogP contribution in [0.25, 0.3) is 0 Å². The van der Waals surface area contributed by atoms with E-state index in [0.717, 1.165) is 11.0 Å². The standard InChI is InChI=1S/C9H12BrNO/c1-7-5-9(10)4-3-8(7)6-11-12-2/h3-5,11H,6H2,1-2H3. The minimum Gasteiger partial charge on any atom is -0.305 e. The van der Waals surface area contributed by atoms with E-state index < -0.39 is 0 Å².